The number of nitrogens with zero attached hydrogens (tertiary/aromatic N) is 1. The Hall–Kier alpha value is 0.190. The number of nitrogens with one attached hydrogen (secondary N) is 2. The standard InChI is InChI=1S/C11H23N3OS/c1-8(15)7-10-12-13-11(16)14(10)9-5-3-2-4-6-9/h8-13,15-16H,2-7H2,1H3. The molecular weight excluding hydrogens is 222 g/mol. The van der Waals surface area contributed by atoms with Crippen LogP contribution in [0.2, 0.25) is 0 Å². The van der Waals surface area contributed by atoms with Gasteiger partial charge in [-0.25, -0.2) is 10.9 Å². The smallest absolute Gasteiger partial charge is 0.119 e. The summed E-state index contributed by atoms with van der Waals surface area (Å²) in [5.74, 6) is 0. The first kappa shape index (κ1) is 12.6. The van der Waals surface area contributed by atoms with Gasteiger partial charge in [-0.15, -0.1) is 12.6 Å². The normalized spacial score (nSPS) is 35.4. The molecule has 0 radical (unpaired) electrons. The third-order valence-corrected chi connectivity index (χ3v) is 3.98. The van der Waals surface area contributed by atoms with Gasteiger partial charge in [0.25, 0.3) is 0 Å². The van der Waals surface area contributed by atoms with E-state index in [1.807, 2.05) is 6.92 Å². The van der Waals surface area contributed by atoms with Crippen LogP contribution < -0.4 is 10.9 Å². The molecule has 4 nitrogen and oxygen atoms in total. The van der Waals surface area contributed by atoms with Crippen molar-refractivity contribution in [1.82, 2.24) is 15.8 Å². The number of hydrazine groups is 1. The molecule has 1 aliphatic heterocycles. The molecule has 1 saturated heterocycles. The Balaban J connectivity index is 1.97. The van der Waals surface area contributed by atoms with Gasteiger partial charge in [-0.2, -0.15) is 0 Å². The van der Waals surface area contributed by atoms with Crippen LogP contribution in [-0.2, 0) is 0 Å². The van der Waals surface area contributed by atoms with E-state index in [0.717, 1.165) is 6.42 Å². The average molecular weight is 245 g/mol. The van der Waals surface area contributed by atoms with Crippen LogP contribution >= 0.6 is 12.6 Å². The van der Waals surface area contributed by atoms with Crippen LogP contribution in [0, 0.1) is 0 Å². The highest BCUT2D eigenvalue weighted by Gasteiger charge is 2.36. The SMILES string of the molecule is CC(O)CC1NNC(S)N1C1CCCCC1. The molecule has 0 aromatic carbocycles. The number of hydrogen-bond acceptors (Lipinski definition) is 5. The fourth-order valence-corrected chi connectivity index (χ4v) is 3.25. The minimum Gasteiger partial charge on any atom is -0.393 e. The van der Waals surface area contributed by atoms with Gasteiger partial charge in [0, 0.05) is 12.5 Å². The third-order valence-electron chi connectivity index (χ3n) is 3.58. The quantitative estimate of drug-likeness (QED) is 0.561. The number of thiol groups is 1. The topological polar surface area (TPSA) is 47.5 Å². The highest BCUT2D eigenvalue weighted by molar-refractivity contribution is 7.80. The van der Waals surface area contributed by atoms with Gasteiger partial charge in [-0.05, 0) is 19.8 Å². The van der Waals surface area contributed by atoms with E-state index in [1.54, 1.807) is 0 Å². The van der Waals surface area contributed by atoms with Crippen LogP contribution in [0.5, 0.6) is 0 Å². The summed E-state index contributed by atoms with van der Waals surface area (Å²) < 4.78 is 0. The van der Waals surface area contributed by atoms with E-state index in [1.165, 1.54) is 32.1 Å². The van der Waals surface area contributed by atoms with Gasteiger partial charge in [0.15, 0.2) is 0 Å². The van der Waals surface area contributed by atoms with Crippen molar-refractivity contribution >= 4 is 12.6 Å². The molecule has 0 amide bonds. The van der Waals surface area contributed by atoms with Crippen LogP contribution in [0.25, 0.3) is 0 Å². The van der Waals surface area contributed by atoms with Crippen LogP contribution in [0.15, 0.2) is 0 Å². The predicted octanol–water partition coefficient (Wildman–Crippen LogP) is 1.04. The molecule has 2 rings (SSSR count). The van der Waals surface area contributed by atoms with Crippen molar-refractivity contribution in [3.8, 4) is 0 Å². The predicted molar refractivity (Wildman–Crippen MR) is 67.8 cm³/mol. The van der Waals surface area contributed by atoms with Crippen molar-refractivity contribution in [1.29, 1.82) is 0 Å². The molecule has 2 fully saturated rings. The first-order valence-corrected chi connectivity index (χ1v) is 6.85. The lowest BCUT2D eigenvalue weighted by Crippen LogP contribution is -2.46. The van der Waals surface area contributed by atoms with Crippen molar-refractivity contribution in [2.24, 2.45) is 0 Å². The molecule has 1 saturated carbocycles. The maximum atomic E-state index is 9.50. The Bertz CT molecular complexity index is 221. The van der Waals surface area contributed by atoms with Gasteiger partial charge in [0.05, 0.1) is 12.3 Å². The van der Waals surface area contributed by atoms with Crippen molar-refractivity contribution in [2.75, 3.05) is 0 Å². The number of hydrogen-bond donors (Lipinski definition) is 4. The van der Waals surface area contributed by atoms with Crippen LogP contribution in [-0.4, -0.2) is 33.8 Å². The summed E-state index contributed by atoms with van der Waals surface area (Å²) in [5.41, 5.74) is 6.45. The van der Waals surface area contributed by atoms with E-state index in [4.69, 9.17) is 0 Å². The molecule has 0 spiro atoms. The van der Waals surface area contributed by atoms with E-state index < -0.39 is 0 Å². The van der Waals surface area contributed by atoms with Crippen molar-refractivity contribution in [3.63, 3.8) is 0 Å². The molecule has 3 unspecified atom stereocenters. The van der Waals surface area contributed by atoms with Crippen LogP contribution in [0.1, 0.15) is 45.4 Å². The Labute approximate surface area is 103 Å². The van der Waals surface area contributed by atoms with Crippen molar-refractivity contribution in [3.05, 3.63) is 0 Å². The lowest BCUT2D eigenvalue weighted by molar-refractivity contribution is 0.0807. The zero-order valence-electron chi connectivity index (χ0n) is 9.89. The monoisotopic (exact) mass is 245 g/mol. The van der Waals surface area contributed by atoms with E-state index in [9.17, 15) is 5.11 Å². The van der Waals surface area contributed by atoms with Gasteiger partial charge in [0.1, 0.15) is 5.50 Å². The summed E-state index contributed by atoms with van der Waals surface area (Å²) in [5, 5.41) is 9.50. The zero-order valence-corrected chi connectivity index (χ0v) is 10.8. The van der Waals surface area contributed by atoms with E-state index >= 15 is 0 Å². The Morgan fingerprint density at radius 1 is 1.31 bits per heavy atom. The second-order valence-electron chi connectivity index (χ2n) is 5.00. The number of aliphatic hydroxyl groups is 1. The molecule has 0 aromatic rings. The highest BCUT2D eigenvalue weighted by Crippen LogP contribution is 2.28. The summed E-state index contributed by atoms with van der Waals surface area (Å²) in [7, 11) is 0. The largest absolute Gasteiger partial charge is 0.393 e. The summed E-state index contributed by atoms with van der Waals surface area (Å²) >= 11 is 4.55. The lowest BCUT2D eigenvalue weighted by Gasteiger charge is -2.36. The fourth-order valence-electron chi connectivity index (χ4n) is 2.83. The third kappa shape index (κ3) is 2.90. The number of aliphatic hydroxyl groups excluding tert-OH is 1. The van der Waals surface area contributed by atoms with Gasteiger partial charge in [-0.1, -0.05) is 19.3 Å². The molecule has 5 heteroatoms. The first-order valence-electron chi connectivity index (χ1n) is 6.33. The van der Waals surface area contributed by atoms with Gasteiger partial charge < -0.3 is 5.11 Å². The fraction of sp³-hybridized carbons (Fsp3) is 1.00. The molecule has 0 aromatic heterocycles. The van der Waals surface area contributed by atoms with Crippen LogP contribution in [0.3, 0.4) is 0 Å². The van der Waals surface area contributed by atoms with Crippen LogP contribution in [0.4, 0.5) is 0 Å². The minimum atomic E-state index is -0.274. The summed E-state index contributed by atoms with van der Waals surface area (Å²) in [6, 6.07) is 0.613. The molecular formula is C11H23N3OS. The van der Waals surface area contributed by atoms with E-state index in [-0.39, 0.29) is 17.8 Å². The lowest BCUT2D eigenvalue weighted by atomic mass is 9.94. The van der Waals surface area contributed by atoms with E-state index in [2.05, 4.69) is 28.4 Å². The Morgan fingerprint density at radius 2 is 2.00 bits per heavy atom. The maximum Gasteiger partial charge on any atom is 0.119 e. The Kier molecular flexibility index (Phi) is 4.49. The molecule has 2 aliphatic rings. The summed E-state index contributed by atoms with van der Waals surface area (Å²) in [4.78, 5) is 2.38. The average Bonchev–Trinajstić information content (AvgIpc) is 2.60. The first-order chi connectivity index (χ1) is 7.68. The highest BCUT2D eigenvalue weighted by atomic mass is 32.1. The maximum absolute atomic E-state index is 9.50. The molecule has 1 aliphatic carbocycles. The summed E-state index contributed by atoms with van der Waals surface area (Å²) in [6.07, 6.45) is 7.22. The van der Waals surface area contributed by atoms with Crippen molar-refractivity contribution < 1.29 is 5.11 Å². The van der Waals surface area contributed by atoms with Gasteiger partial charge >= 0.3 is 0 Å². The van der Waals surface area contributed by atoms with Crippen molar-refractivity contribution in [2.45, 2.75) is 69.3 Å². The van der Waals surface area contributed by atoms with Gasteiger partial charge in [-0.3, -0.25) is 4.90 Å². The Morgan fingerprint density at radius 3 is 2.62 bits per heavy atom. The number of rotatable bonds is 3. The molecule has 3 N–H and O–H groups in total. The zero-order chi connectivity index (χ0) is 11.5. The second-order valence-corrected chi connectivity index (χ2v) is 5.49. The molecule has 16 heavy (non-hydrogen) atoms. The second kappa shape index (κ2) is 5.69. The molecule has 3 atom stereocenters. The molecule has 94 valence electrons. The van der Waals surface area contributed by atoms with E-state index in [0.29, 0.717) is 6.04 Å². The summed E-state index contributed by atoms with van der Waals surface area (Å²) in [6.45, 7) is 1.84. The van der Waals surface area contributed by atoms with Gasteiger partial charge in [0.2, 0.25) is 0 Å². The minimum absolute atomic E-state index is 0.0758. The molecule has 1 heterocycles. The molecule has 0 bridgehead atoms.